The number of thiazole rings is 1. The zero-order valence-electron chi connectivity index (χ0n) is 17.1. The van der Waals surface area contributed by atoms with E-state index in [2.05, 4.69) is 48.6 Å². The molecule has 0 aliphatic carbocycles. The van der Waals surface area contributed by atoms with Crippen LogP contribution in [0.1, 0.15) is 16.1 Å². The van der Waals surface area contributed by atoms with Crippen molar-refractivity contribution in [3.05, 3.63) is 101 Å². The van der Waals surface area contributed by atoms with E-state index in [-0.39, 0.29) is 0 Å². The Labute approximate surface area is 185 Å². The number of hydrogen-bond donors (Lipinski definition) is 0. The molecule has 0 saturated heterocycles. The van der Waals surface area contributed by atoms with E-state index in [4.69, 9.17) is 14.5 Å². The van der Waals surface area contributed by atoms with Crippen LogP contribution in [0.4, 0.5) is 0 Å². The van der Waals surface area contributed by atoms with E-state index in [0.29, 0.717) is 6.61 Å². The van der Waals surface area contributed by atoms with Crippen LogP contribution >= 0.6 is 11.3 Å². The second kappa shape index (κ2) is 8.62. The van der Waals surface area contributed by atoms with Crippen LogP contribution < -0.4 is 9.47 Å². The summed E-state index contributed by atoms with van der Waals surface area (Å²) >= 11 is 1.70. The number of hydrogen-bond acceptors (Lipinski definition) is 4. The molecule has 0 aliphatic rings. The first kappa shape index (κ1) is 19.3. The van der Waals surface area contributed by atoms with Gasteiger partial charge in [-0.2, -0.15) is 0 Å². The van der Waals surface area contributed by atoms with Gasteiger partial charge in [-0.1, -0.05) is 72.8 Å². The lowest BCUT2D eigenvalue weighted by molar-refractivity contribution is 0.284. The zero-order chi connectivity index (χ0) is 21.0. The van der Waals surface area contributed by atoms with Crippen molar-refractivity contribution >= 4 is 44.5 Å². The predicted octanol–water partition coefficient (Wildman–Crippen LogP) is 7.21. The molecule has 5 rings (SSSR count). The Balaban J connectivity index is 1.40. The molecule has 3 nitrogen and oxygen atoms in total. The van der Waals surface area contributed by atoms with Crippen LogP contribution in [0.5, 0.6) is 11.5 Å². The van der Waals surface area contributed by atoms with Crippen molar-refractivity contribution in [2.75, 3.05) is 7.11 Å². The minimum Gasteiger partial charge on any atom is -0.493 e. The third kappa shape index (κ3) is 4.16. The molecular formula is C27H21NO2S. The van der Waals surface area contributed by atoms with Gasteiger partial charge in [-0.15, -0.1) is 11.3 Å². The summed E-state index contributed by atoms with van der Waals surface area (Å²) in [5.74, 6) is 1.45. The van der Waals surface area contributed by atoms with Gasteiger partial charge in [0.25, 0.3) is 0 Å². The molecule has 0 atom stereocenters. The van der Waals surface area contributed by atoms with Gasteiger partial charge in [0.1, 0.15) is 11.6 Å². The number of aromatic nitrogens is 1. The van der Waals surface area contributed by atoms with Gasteiger partial charge in [0, 0.05) is 5.39 Å². The molecule has 0 spiro atoms. The van der Waals surface area contributed by atoms with Crippen LogP contribution in [0.25, 0.3) is 33.1 Å². The molecule has 1 aromatic heterocycles. The van der Waals surface area contributed by atoms with Gasteiger partial charge >= 0.3 is 0 Å². The summed E-state index contributed by atoms with van der Waals surface area (Å²) < 4.78 is 12.7. The third-order valence-electron chi connectivity index (χ3n) is 5.14. The van der Waals surface area contributed by atoms with Gasteiger partial charge in [0.15, 0.2) is 11.5 Å². The Morgan fingerprint density at radius 2 is 1.68 bits per heavy atom. The highest BCUT2D eigenvalue weighted by molar-refractivity contribution is 7.19. The van der Waals surface area contributed by atoms with Crippen molar-refractivity contribution in [2.24, 2.45) is 0 Å². The highest BCUT2D eigenvalue weighted by Gasteiger charge is 2.07. The molecule has 0 bridgehead atoms. The van der Waals surface area contributed by atoms with E-state index < -0.39 is 0 Å². The summed E-state index contributed by atoms with van der Waals surface area (Å²) in [6, 6.07) is 28.8. The zero-order valence-corrected chi connectivity index (χ0v) is 17.9. The van der Waals surface area contributed by atoms with Crippen LogP contribution in [0, 0.1) is 0 Å². The Hall–Kier alpha value is -3.63. The van der Waals surface area contributed by atoms with Crippen LogP contribution in [0.15, 0.2) is 84.9 Å². The molecular weight excluding hydrogens is 402 g/mol. The average Bonchev–Trinajstić information content (AvgIpc) is 3.26. The normalized spacial score (nSPS) is 11.4. The lowest BCUT2D eigenvalue weighted by atomic mass is 10.1. The number of fused-ring (bicyclic) bond motifs is 3. The predicted molar refractivity (Wildman–Crippen MR) is 130 cm³/mol. The molecule has 4 heteroatoms. The molecule has 0 fully saturated rings. The summed E-state index contributed by atoms with van der Waals surface area (Å²) in [6.07, 6.45) is 4.12. The second-order valence-corrected chi connectivity index (χ2v) is 8.27. The van der Waals surface area contributed by atoms with E-state index in [9.17, 15) is 0 Å². The van der Waals surface area contributed by atoms with Crippen molar-refractivity contribution < 1.29 is 9.47 Å². The summed E-state index contributed by atoms with van der Waals surface area (Å²) in [4.78, 5) is 4.86. The van der Waals surface area contributed by atoms with E-state index in [0.717, 1.165) is 33.2 Å². The van der Waals surface area contributed by atoms with E-state index in [1.165, 1.54) is 15.5 Å². The van der Waals surface area contributed by atoms with Crippen molar-refractivity contribution in [3.63, 3.8) is 0 Å². The van der Waals surface area contributed by atoms with E-state index >= 15 is 0 Å². The quantitative estimate of drug-likeness (QED) is 0.289. The maximum atomic E-state index is 6.03. The van der Waals surface area contributed by atoms with E-state index in [1.54, 1.807) is 18.4 Å². The molecule has 0 unspecified atom stereocenters. The fourth-order valence-electron chi connectivity index (χ4n) is 3.56. The van der Waals surface area contributed by atoms with Crippen molar-refractivity contribution in [3.8, 4) is 11.5 Å². The molecule has 0 N–H and O–H groups in total. The molecule has 0 amide bonds. The first-order valence-corrected chi connectivity index (χ1v) is 10.9. The standard InChI is InChI=1S/C27H21NO2S/c1-29-23-14-11-19(17-24(23)30-18-20-7-3-2-4-8-20)12-16-26-28-27-22-10-6-5-9-21(22)13-15-25(27)31-26/h2-17H,18H2,1H3. The smallest absolute Gasteiger partial charge is 0.162 e. The van der Waals surface area contributed by atoms with E-state index in [1.807, 2.05) is 48.5 Å². The first-order chi connectivity index (χ1) is 15.3. The Morgan fingerprint density at radius 1 is 0.839 bits per heavy atom. The minimum atomic E-state index is 0.495. The molecule has 0 saturated carbocycles. The number of benzene rings is 4. The summed E-state index contributed by atoms with van der Waals surface area (Å²) in [5, 5.41) is 3.39. The van der Waals surface area contributed by atoms with Crippen molar-refractivity contribution in [1.82, 2.24) is 4.98 Å². The lowest BCUT2D eigenvalue weighted by Crippen LogP contribution is -1.97. The van der Waals surface area contributed by atoms with Gasteiger partial charge in [-0.25, -0.2) is 4.98 Å². The maximum absolute atomic E-state index is 6.03. The first-order valence-electron chi connectivity index (χ1n) is 10.1. The molecule has 5 aromatic rings. The molecule has 31 heavy (non-hydrogen) atoms. The van der Waals surface area contributed by atoms with Gasteiger partial charge in [-0.05, 0) is 40.8 Å². The lowest BCUT2D eigenvalue weighted by Gasteiger charge is -2.11. The number of ether oxygens (including phenoxy) is 2. The Kier molecular flexibility index (Phi) is 5.38. The number of rotatable bonds is 6. The molecule has 0 aliphatic heterocycles. The summed E-state index contributed by atoms with van der Waals surface area (Å²) in [7, 11) is 1.66. The van der Waals surface area contributed by atoms with Crippen molar-refractivity contribution in [1.29, 1.82) is 0 Å². The van der Waals surface area contributed by atoms with Gasteiger partial charge in [0.2, 0.25) is 0 Å². The Bertz CT molecular complexity index is 1370. The number of methoxy groups -OCH3 is 1. The van der Waals surface area contributed by atoms with Gasteiger partial charge < -0.3 is 9.47 Å². The molecule has 1 heterocycles. The maximum Gasteiger partial charge on any atom is 0.162 e. The van der Waals surface area contributed by atoms with Gasteiger partial charge in [0.05, 0.1) is 17.3 Å². The van der Waals surface area contributed by atoms with Crippen LogP contribution in [-0.2, 0) is 6.61 Å². The second-order valence-electron chi connectivity index (χ2n) is 7.20. The van der Waals surface area contributed by atoms with Crippen LogP contribution in [-0.4, -0.2) is 12.1 Å². The van der Waals surface area contributed by atoms with Crippen LogP contribution in [0.3, 0.4) is 0 Å². The Morgan fingerprint density at radius 3 is 2.55 bits per heavy atom. The summed E-state index contributed by atoms with van der Waals surface area (Å²) in [6.45, 7) is 0.495. The fourth-order valence-corrected chi connectivity index (χ4v) is 4.45. The molecule has 152 valence electrons. The summed E-state index contributed by atoms with van der Waals surface area (Å²) in [5.41, 5.74) is 3.21. The highest BCUT2D eigenvalue weighted by Crippen LogP contribution is 2.32. The fraction of sp³-hybridized carbons (Fsp3) is 0.0741. The average molecular weight is 424 g/mol. The SMILES string of the molecule is COc1ccc(C=Cc2nc3c(ccc4ccccc43)s2)cc1OCc1ccccc1. The number of nitrogens with zero attached hydrogens (tertiary/aromatic N) is 1. The largest absolute Gasteiger partial charge is 0.493 e. The highest BCUT2D eigenvalue weighted by atomic mass is 32.1. The van der Waals surface area contributed by atoms with Gasteiger partial charge in [-0.3, -0.25) is 0 Å². The monoisotopic (exact) mass is 423 g/mol. The van der Waals surface area contributed by atoms with Crippen molar-refractivity contribution in [2.45, 2.75) is 6.61 Å². The third-order valence-corrected chi connectivity index (χ3v) is 6.13. The van der Waals surface area contributed by atoms with Crippen LogP contribution in [0.2, 0.25) is 0 Å². The topological polar surface area (TPSA) is 31.4 Å². The minimum absolute atomic E-state index is 0.495. The molecule has 0 radical (unpaired) electrons. The molecule has 4 aromatic carbocycles.